The maximum atomic E-state index is 12.0. The number of hydrogen-bond donors (Lipinski definition) is 1. The largest absolute Gasteiger partial charge is 0.464 e. The van der Waals surface area contributed by atoms with Gasteiger partial charge in [-0.3, -0.25) is 4.79 Å². The number of carbonyl (C=O) groups is 1. The summed E-state index contributed by atoms with van der Waals surface area (Å²) in [5.74, 6) is 0.470. The van der Waals surface area contributed by atoms with E-state index in [2.05, 4.69) is 6.92 Å². The maximum absolute atomic E-state index is 12.0. The molecule has 0 amide bonds. The smallest absolute Gasteiger partial charge is 0.326 e. The normalized spacial score (nSPS) is 26.4. The molecule has 2 N–H and O–H groups in total. The summed E-state index contributed by atoms with van der Waals surface area (Å²) in [4.78, 5) is 12.0. The fourth-order valence-corrected chi connectivity index (χ4v) is 2.52. The van der Waals surface area contributed by atoms with Gasteiger partial charge in [0, 0.05) is 20.1 Å². The molecule has 0 heterocycles. The minimum absolute atomic E-state index is 0.246. The van der Waals surface area contributed by atoms with Crippen LogP contribution in [0.1, 0.15) is 45.4 Å². The molecule has 0 aliphatic heterocycles. The highest BCUT2D eigenvalue weighted by atomic mass is 16.5. The second-order valence-corrected chi connectivity index (χ2v) is 5.60. The summed E-state index contributed by atoms with van der Waals surface area (Å²) in [6.45, 7) is 4.30. The lowest BCUT2D eigenvalue weighted by Gasteiger charge is -2.34. The third kappa shape index (κ3) is 5.77. The number of nitrogens with two attached hydrogens (primary N) is 1. The van der Waals surface area contributed by atoms with E-state index < -0.39 is 5.54 Å². The van der Waals surface area contributed by atoms with Gasteiger partial charge in [0.05, 0.1) is 19.8 Å². The molecular formula is C15H29NO4. The summed E-state index contributed by atoms with van der Waals surface area (Å²) in [6, 6.07) is 0. The van der Waals surface area contributed by atoms with Gasteiger partial charge in [-0.15, -0.1) is 0 Å². The summed E-state index contributed by atoms with van der Waals surface area (Å²) >= 11 is 0. The van der Waals surface area contributed by atoms with Crippen molar-refractivity contribution in [1.29, 1.82) is 0 Å². The van der Waals surface area contributed by atoms with Crippen molar-refractivity contribution in [2.75, 3.05) is 33.5 Å². The molecule has 0 saturated heterocycles. The lowest BCUT2D eigenvalue weighted by molar-refractivity contribution is -0.152. The number of methoxy groups -OCH3 is 1. The number of hydrogen-bond acceptors (Lipinski definition) is 5. The van der Waals surface area contributed by atoms with Gasteiger partial charge in [0.15, 0.2) is 0 Å². The van der Waals surface area contributed by atoms with Gasteiger partial charge >= 0.3 is 5.97 Å². The van der Waals surface area contributed by atoms with Gasteiger partial charge in [-0.25, -0.2) is 0 Å². The molecule has 20 heavy (non-hydrogen) atoms. The van der Waals surface area contributed by atoms with Crippen molar-refractivity contribution in [3.05, 3.63) is 0 Å². The van der Waals surface area contributed by atoms with Gasteiger partial charge in [0.1, 0.15) is 5.54 Å². The van der Waals surface area contributed by atoms with Crippen molar-refractivity contribution in [2.24, 2.45) is 11.7 Å². The molecule has 0 atom stereocenters. The van der Waals surface area contributed by atoms with E-state index in [0.717, 1.165) is 25.7 Å². The molecule has 0 aromatic carbocycles. The highest BCUT2D eigenvalue weighted by Gasteiger charge is 2.39. The first kappa shape index (κ1) is 17.4. The molecular weight excluding hydrogens is 258 g/mol. The molecule has 1 aliphatic rings. The van der Waals surface area contributed by atoms with Crippen molar-refractivity contribution in [3.8, 4) is 0 Å². The first-order chi connectivity index (χ1) is 9.62. The lowest BCUT2D eigenvalue weighted by atomic mass is 9.76. The van der Waals surface area contributed by atoms with Crippen molar-refractivity contribution in [2.45, 2.75) is 51.0 Å². The van der Waals surface area contributed by atoms with Crippen molar-refractivity contribution in [1.82, 2.24) is 0 Å². The number of ether oxygens (including phenoxy) is 3. The Kier molecular flexibility index (Phi) is 8.11. The van der Waals surface area contributed by atoms with Crippen molar-refractivity contribution < 1.29 is 19.0 Å². The van der Waals surface area contributed by atoms with Crippen LogP contribution in [-0.2, 0) is 19.0 Å². The average molecular weight is 287 g/mol. The Morgan fingerprint density at radius 1 is 1.20 bits per heavy atom. The highest BCUT2D eigenvalue weighted by molar-refractivity contribution is 5.80. The first-order valence-electron chi connectivity index (χ1n) is 7.65. The Morgan fingerprint density at radius 2 is 1.90 bits per heavy atom. The molecule has 1 rings (SSSR count). The van der Waals surface area contributed by atoms with E-state index in [1.165, 1.54) is 6.42 Å². The molecule has 0 spiro atoms. The Balaban J connectivity index is 2.13. The number of esters is 1. The van der Waals surface area contributed by atoms with Crippen LogP contribution in [0.15, 0.2) is 0 Å². The Bertz CT molecular complexity index is 275. The van der Waals surface area contributed by atoms with Crippen LogP contribution < -0.4 is 5.73 Å². The first-order valence-corrected chi connectivity index (χ1v) is 7.65. The van der Waals surface area contributed by atoms with E-state index in [9.17, 15) is 4.79 Å². The van der Waals surface area contributed by atoms with Crippen LogP contribution in [0.3, 0.4) is 0 Å². The van der Waals surface area contributed by atoms with E-state index in [-0.39, 0.29) is 5.97 Å². The second kappa shape index (κ2) is 9.32. The topological polar surface area (TPSA) is 70.8 Å². The lowest BCUT2D eigenvalue weighted by Crippen LogP contribution is -2.51. The molecule has 5 heteroatoms. The summed E-state index contributed by atoms with van der Waals surface area (Å²) in [5.41, 5.74) is 5.42. The second-order valence-electron chi connectivity index (χ2n) is 5.60. The van der Waals surface area contributed by atoms with E-state index in [1.54, 1.807) is 7.11 Å². The van der Waals surface area contributed by atoms with Crippen molar-refractivity contribution in [3.63, 3.8) is 0 Å². The molecule has 1 aliphatic carbocycles. The molecule has 118 valence electrons. The molecule has 1 fully saturated rings. The fourth-order valence-electron chi connectivity index (χ4n) is 2.52. The average Bonchev–Trinajstić information content (AvgIpc) is 2.47. The Hall–Kier alpha value is -0.650. The van der Waals surface area contributed by atoms with Crippen LogP contribution in [0.2, 0.25) is 0 Å². The van der Waals surface area contributed by atoms with Crippen LogP contribution in [0.5, 0.6) is 0 Å². The quantitative estimate of drug-likeness (QED) is 0.518. The van der Waals surface area contributed by atoms with E-state index >= 15 is 0 Å². The van der Waals surface area contributed by atoms with Crippen molar-refractivity contribution >= 4 is 5.97 Å². The van der Waals surface area contributed by atoms with Crippen LogP contribution in [-0.4, -0.2) is 45.0 Å². The van der Waals surface area contributed by atoms with Gasteiger partial charge in [-0.2, -0.15) is 0 Å². The Morgan fingerprint density at radius 3 is 2.50 bits per heavy atom. The predicted octanol–water partition coefficient (Wildman–Crippen LogP) is 1.88. The van der Waals surface area contributed by atoms with E-state index in [4.69, 9.17) is 19.9 Å². The van der Waals surface area contributed by atoms with Gasteiger partial charge in [0.2, 0.25) is 0 Å². The molecule has 0 aromatic heterocycles. The summed E-state index contributed by atoms with van der Waals surface area (Å²) < 4.78 is 15.5. The van der Waals surface area contributed by atoms with Gasteiger partial charge in [-0.05, 0) is 31.6 Å². The third-order valence-electron chi connectivity index (χ3n) is 4.08. The molecule has 0 aromatic rings. The fraction of sp³-hybridized carbons (Fsp3) is 0.933. The zero-order valence-electron chi connectivity index (χ0n) is 12.9. The highest BCUT2D eigenvalue weighted by Crippen LogP contribution is 2.32. The summed E-state index contributed by atoms with van der Waals surface area (Å²) in [6.07, 6.45) is 5.42. The van der Waals surface area contributed by atoms with Gasteiger partial charge in [0.25, 0.3) is 0 Å². The Labute approximate surface area is 122 Å². The van der Waals surface area contributed by atoms with Gasteiger partial charge < -0.3 is 19.9 Å². The SMILES string of the molecule is CCC1CCC(N)(C(=O)OCCCOCCOC)CC1. The molecule has 1 saturated carbocycles. The van der Waals surface area contributed by atoms with Crippen LogP contribution in [0.4, 0.5) is 0 Å². The van der Waals surface area contributed by atoms with Crippen LogP contribution in [0.25, 0.3) is 0 Å². The zero-order chi connectivity index (χ0) is 14.8. The monoisotopic (exact) mass is 287 g/mol. The van der Waals surface area contributed by atoms with E-state index in [0.29, 0.717) is 38.8 Å². The number of carbonyl (C=O) groups excluding carboxylic acids is 1. The van der Waals surface area contributed by atoms with Crippen LogP contribution >= 0.6 is 0 Å². The summed E-state index contributed by atoms with van der Waals surface area (Å²) in [5, 5.41) is 0. The molecule has 0 unspecified atom stereocenters. The molecule has 0 radical (unpaired) electrons. The van der Waals surface area contributed by atoms with E-state index in [1.807, 2.05) is 0 Å². The minimum atomic E-state index is -0.761. The summed E-state index contributed by atoms with van der Waals surface area (Å²) in [7, 11) is 1.64. The standard InChI is InChI=1S/C15H29NO4/c1-3-13-5-7-15(16,8-6-13)14(17)20-10-4-9-19-12-11-18-2/h13H,3-12,16H2,1-2H3. The third-order valence-corrected chi connectivity index (χ3v) is 4.08. The van der Waals surface area contributed by atoms with Crippen LogP contribution in [0, 0.1) is 5.92 Å². The maximum Gasteiger partial charge on any atom is 0.326 e. The predicted molar refractivity (Wildman–Crippen MR) is 77.4 cm³/mol. The van der Waals surface area contributed by atoms with Gasteiger partial charge in [-0.1, -0.05) is 13.3 Å². The number of rotatable bonds is 9. The minimum Gasteiger partial charge on any atom is -0.464 e. The molecule has 0 bridgehead atoms. The zero-order valence-corrected chi connectivity index (χ0v) is 12.9. The molecule has 5 nitrogen and oxygen atoms in total.